The van der Waals surface area contributed by atoms with Crippen molar-refractivity contribution in [1.29, 1.82) is 0 Å². The van der Waals surface area contributed by atoms with E-state index in [0.717, 1.165) is 43.4 Å². The van der Waals surface area contributed by atoms with Gasteiger partial charge in [0, 0.05) is 36.7 Å². The Morgan fingerprint density at radius 2 is 1.78 bits per heavy atom. The second kappa shape index (κ2) is 7.91. The van der Waals surface area contributed by atoms with Crippen LogP contribution >= 0.6 is 0 Å². The highest BCUT2D eigenvalue weighted by atomic mass is 16.2. The smallest absolute Gasteiger partial charge is 0.222 e. The van der Waals surface area contributed by atoms with E-state index in [9.17, 15) is 4.79 Å². The number of hydrogen-bond donors (Lipinski definition) is 0. The van der Waals surface area contributed by atoms with E-state index in [1.807, 2.05) is 30.2 Å². The van der Waals surface area contributed by atoms with Gasteiger partial charge in [-0.1, -0.05) is 49.4 Å². The first-order chi connectivity index (χ1) is 13.2. The van der Waals surface area contributed by atoms with Gasteiger partial charge in [0.25, 0.3) is 0 Å². The standard InChI is InChI=1S/C24H26N2O/c1-2-24(27)26-13-11-19(12-14-26)15-18-7-9-20(10-8-18)22-16-21-5-3-4-6-23(21)25-17-22/h3-10,16-17,19H,2,11-15H2,1H3. The quantitative estimate of drug-likeness (QED) is 0.650. The molecule has 0 aliphatic carbocycles. The van der Waals surface area contributed by atoms with Gasteiger partial charge in [-0.05, 0) is 48.4 Å². The average Bonchev–Trinajstić information content (AvgIpc) is 2.74. The Balaban J connectivity index is 1.41. The number of aromatic nitrogens is 1. The molecule has 0 saturated carbocycles. The Bertz CT molecular complexity index is 925. The Morgan fingerprint density at radius 1 is 1.04 bits per heavy atom. The van der Waals surface area contributed by atoms with Crippen molar-refractivity contribution >= 4 is 16.8 Å². The van der Waals surface area contributed by atoms with Gasteiger partial charge in [-0.3, -0.25) is 9.78 Å². The van der Waals surface area contributed by atoms with Crippen molar-refractivity contribution < 1.29 is 4.79 Å². The van der Waals surface area contributed by atoms with E-state index in [1.165, 1.54) is 16.5 Å². The van der Waals surface area contributed by atoms with Gasteiger partial charge in [-0.15, -0.1) is 0 Å². The fourth-order valence-electron chi connectivity index (χ4n) is 4.01. The van der Waals surface area contributed by atoms with Crippen LogP contribution in [0.3, 0.4) is 0 Å². The highest BCUT2D eigenvalue weighted by Gasteiger charge is 2.21. The maximum atomic E-state index is 11.8. The normalized spacial score (nSPS) is 15.2. The van der Waals surface area contributed by atoms with Crippen LogP contribution in [-0.4, -0.2) is 28.9 Å². The summed E-state index contributed by atoms with van der Waals surface area (Å²) in [5, 5.41) is 1.17. The second-order valence-electron chi connectivity index (χ2n) is 7.50. The summed E-state index contributed by atoms with van der Waals surface area (Å²) < 4.78 is 0. The largest absolute Gasteiger partial charge is 0.343 e. The van der Waals surface area contributed by atoms with Crippen LogP contribution in [0.15, 0.2) is 60.8 Å². The number of piperidine rings is 1. The molecule has 27 heavy (non-hydrogen) atoms. The number of carbonyl (C=O) groups excluding carboxylic acids is 1. The summed E-state index contributed by atoms with van der Waals surface area (Å²) >= 11 is 0. The summed E-state index contributed by atoms with van der Waals surface area (Å²) in [6.07, 6.45) is 5.90. The molecule has 0 N–H and O–H groups in total. The SMILES string of the molecule is CCC(=O)N1CCC(Cc2ccc(-c3cnc4ccccc4c3)cc2)CC1. The van der Waals surface area contributed by atoms with Crippen LogP contribution in [0, 0.1) is 5.92 Å². The zero-order chi connectivity index (χ0) is 18.6. The molecule has 1 amide bonds. The number of amides is 1. The summed E-state index contributed by atoms with van der Waals surface area (Å²) in [6.45, 7) is 3.78. The zero-order valence-electron chi connectivity index (χ0n) is 15.9. The lowest BCUT2D eigenvalue weighted by Gasteiger charge is -2.32. The van der Waals surface area contributed by atoms with Crippen molar-refractivity contribution in [3.8, 4) is 11.1 Å². The van der Waals surface area contributed by atoms with E-state index in [2.05, 4.69) is 47.4 Å². The van der Waals surface area contributed by atoms with Crippen LogP contribution < -0.4 is 0 Å². The molecule has 3 aromatic rings. The lowest BCUT2D eigenvalue weighted by atomic mass is 9.89. The van der Waals surface area contributed by atoms with E-state index in [4.69, 9.17) is 0 Å². The fourth-order valence-corrected chi connectivity index (χ4v) is 4.01. The van der Waals surface area contributed by atoms with Gasteiger partial charge in [0.2, 0.25) is 5.91 Å². The number of para-hydroxylation sites is 1. The maximum Gasteiger partial charge on any atom is 0.222 e. The molecule has 0 unspecified atom stereocenters. The number of carbonyl (C=O) groups is 1. The number of pyridine rings is 1. The van der Waals surface area contributed by atoms with Crippen molar-refractivity contribution in [1.82, 2.24) is 9.88 Å². The Kier molecular flexibility index (Phi) is 5.19. The van der Waals surface area contributed by atoms with Crippen LogP contribution in [-0.2, 0) is 11.2 Å². The molecular weight excluding hydrogens is 332 g/mol. The van der Waals surface area contributed by atoms with Gasteiger partial charge in [0.15, 0.2) is 0 Å². The summed E-state index contributed by atoms with van der Waals surface area (Å²) in [6, 6.07) is 19.3. The highest BCUT2D eigenvalue weighted by Crippen LogP contribution is 2.26. The van der Waals surface area contributed by atoms with Gasteiger partial charge in [-0.2, -0.15) is 0 Å². The number of rotatable bonds is 4. The molecule has 2 aromatic carbocycles. The minimum absolute atomic E-state index is 0.293. The van der Waals surface area contributed by atoms with Crippen LogP contribution in [0.25, 0.3) is 22.0 Å². The van der Waals surface area contributed by atoms with Gasteiger partial charge >= 0.3 is 0 Å². The Labute approximate surface area is 161 Å². The van der Waals surface area contributed by atoms with Crippen LogP contribution in [0.4, 0.5) is 0 Å². The molecule has 3 heteroatoms. The number of nitrogens with zero attached hydrogens (tertiary/aromatic N) is 2. The molecule has 1 fully saturated rings. The van der Waals surface area contributed by atoms with Gasteiger partial charge in [0.1, 0.15) is 0 Å². The van der Waals surface area contributed by atoms with Crippen molar-refractivity contribution in [3.63, 3.8) is 0 Å². The molecule has 1 aromatic heterocycles. The predicted molar refractivity (Wildman–Crippen MR) is 110 cm³/mol. The number of likely N-dealkylation sites (tertiary alicyclic amines) is 1. The van der Waals surface area contributed by atoms with Gasteiger partial charge in [-0.25, -0.2) is 0 Å². The lowest BCUT2D eigenvalue weighted by Crippen LogP contribution is -2.38. The predicted octanol–water partition coefficient (Wildman–Crippen LogP) is 5.09. The monoisotopic (exact) mass is 358 g/mol. The van der Waals surface area contributed by atoms with Crippen LogP contribution in [0.2, 0.25) is 0 Å². The topological polar surface area (TPSA) is 33.2 Å². The lowest BCUT2D eigenvalue weighted by molar-refractivity contribution is -0.132. The molecule has 0 atom stereocenters. The minimum atomic E-state index is 0.293. The molecule has 1 saturated heterocycles. The minimum Gasteiger partial charge on any atom is -0.343 e. The molecule has 4 rings (SSSR count). The number of hydrogen-bond acceptors (Lipinski definition) is 2. The molecule has 0 bridgehead atoms. The number of benzene rings is 2. The van der Waals surface area contributed by atoms with E-state index >= 15 is 0 Å². The van der Waals surface area contributed by atoms with E-state index in [0.29, 0.717) is 18.2 Å². The molecule has 2 heterocycles. The fraction of sp³-hybridized carbons (Fsp3) is 0.333. The number of fused-ring (bicyclic) bond motifs is 1. The third-order valence-corrected chi connectivity index (χ3v) is 5.67. The summed E-state index contributed by atoms with van der Waals surface area (Å²) in [7, 11) is 0. The van der Waals surface area contributed by atoms with Crippen LogP contribution in [0.1, 0.15) is 31.7 Å². The van der Waals surface area contributed by atoms with Crippen molar-refractivity contribution in [2.24, 2.45) is 5.92 Å². The Morgan fingerprint density at radius 3 is 2.52 bits per heavy atom. The molecule has 138 valence electrons. The molecule has 3 nitrogen and oxygen atoms in total. The average molecular weight is 358 g/mol. The molecule has 1 aliphatic rings. The Hall–Kier alpha value is -2.68. The van der Waals surface area contributed by atoms with Crippen molar-refractivity contribution in [3.05, 3.63) is 66.4 Å². The molecule has 0 radical (unpaired) electrons. The third-order valence-electron chi connectivity index (χ3n) is 5.67. The maximum absolute atomic E-state index is 11.8. The van der Waals surface area contributed by atoms with E-state index < -0.39 is 0 Å². The highest BCUT2D eigenvalue weighted by molar-refractivity contribution is 5.83. The van der Waals surface area contributed by atoms with Gasteiger partial charge < -0.3 is 4.90 Å². The molecule has 1 aliphatic heterocycles. The first-order valence-corrected chi connectivity index (χ1v) is 9.95. The summed E-state index contributed by atoms with van der Waals surface area (Å²) in [4.78, 5) is 18.4. The third kappa shape index (κ3) is 4.02. The van der Waals surface area contributed by atoms with E-state index in [1.54, 1.807) is 0 Å². The van der Waals surface area contributed by atoms with Crippen molar-refractivity contribution in [2.75, 3.05) is 13.1 Å². The van der Waals surface area contributed by atoms with Crippen LogP contribution in [0.5, 0.6) is 0 Å². The second-order valence-corrected chi connectivity index (χ2v) is 7.50. The zero-order valence-corrected chi connectivity index (χ0v) is 15.9. The van der Waals surface area contributed by atoms with Gasteiger partial charge in [0.05, 0.1) is 5.52 Å². The molecular formula is C24H26N2O. The first-order valence-electron chi connectivity index (χ1n) is 9.95. The molecule has 0 spiro atoms. The van der Waals surface area contributed by atoms with E-state index in [-0.39, 0.29) is 0 Å². The first kappa shape index (κ1) is 17.7. The summed E-state index contributed by atoms with van der Waals surface area (Å²) in [5.74, 6) is 0.973. The van der Waals surface area contributed by atoms with Crippen molar-refractivity contribution in [2.45, 2.75) is 32.6 Å². The summed E-state index contributed by atoms with van der Waals surface area (Å²) in [5.41, 5.74) is 4.78.